The number of nitrogens with two attached hydrogens (primary N) is 1. The van der Waals surface area contributed by atoms with Crippen LogP contribution in [0.15, 0.2) is 22.5 Å². The molecule has 1 aromatic carbocycles. The van der Waals surface area contributed by atoms with Crippen LogP contribution < -0.4 is 10.5 Å². The third-order valence-electron chi connectivity index (χ3n) is 2.33. The fraction of sp³-hybridized carbons (Fsp3) is 0.333. The van der Waals surface area contributed by atoms with Gasteiger partial charge in [0.25, 0.3) is 0 Å². The normalized spacial score (nSPS) is 10.6. The third-order valence-corrected chi connectivity index (χ3v) is 4.73. The summed E-state index contributed by atoms with van der Waals surface area (Å²) in [4.78, 5) is 0. The van der Waals surface area contributed by atoms with Crippen molar-refractivity contribution in [3.05, 3.63) is 28.8 Å². The number of hydrogen-bond donors (Lipinski definition) is 1. The predicted octanol–water partition coefficient (Wildman–Crippen LogP) is 3.64. The van der Waals surface area contributed by atoms with Crippen molar-refractivity contribution in [1.82, 2.24) is 10.2 Å². The highest BCUT2D eigenvalue weighted by molar-refractivity contribution is 8.01. The average molecular weight is 316 g/mol. The topological polar surface area (TPSA) is 61.0 Å². The van der Waals surface area contributed by atoms with Crippen molar-refractivity contribution in [2.24, 2.45) is 0 Å². The second-order valence-corrected chi connectivity index (χ2v) is 6.63. The molecule has 0 spiro atoms. The standard InChI is InChI=1S/C12H14ClN3OS2/c1-8-7-9(3-4-10(8)13)17-5-2-6-18-12-16-15-11(14)19-12/h3-4,7H,2,5-6H2,1H3,(H2,14,15). The number of nitrogens with zero attached hydrogens (tertiary/aromatic N) is 2. The maximum Gasteiger partial charge on any atom is 0.203 e. The minimum absolute atomic E-state index is 0.510. The van der Waals surface area contributed by atoms with Crippen LogP contribution in [0.1, 0.15) is 12.0 Å². The van der Waals surface area contributed by atoms with Crippen LogP contribution in [0.3, 0.4) is 0 Å². The van der Waals surface area contributed by atoms with Crippen LogP contribution >= 0.6 is 34.7 Å². The van der Waals surface area contributed by atoms with Gasteiger partial charge < -0.3 is 10.5 Å². The van der Waals surface area contributed by atoms with E-state index in [1.165, 1.54) is 11.3 Å². The van der Waals surface area contributed by atoms with Crippen molar-refractivity contribution >= 4 is 39.8 Å². The van der Waals surface area contributed by atoms with Gasteiger partial charge in [0.2, 0.25) is 5.13 Å². The molecule has 1 heterocycles. The molecule has 0 amide bonds. The number of halogens is 1. The van der Waals surface area contributed by atoms with E-state index < -0.39 is 0 Å². The zero-order valence-electron chi connectivity index (χ0n) is 10.4. The molecule has 0 radical (unpaired) electrons. The molecule has 0 fully saturated rings. The van der Waals surface area contributed by atoms with Gasteiger partial charge in [-0.2, -0.15) is 0 Å². The van der Waals surface area contributed by atoms with Crippen LogP contribution in [0.5, 0.6) is 5.75 Å². The third kappa shape index (κ3) is 4.56. The first-order valence-corrected chi connectivity index (χ1v) is 7.94. The summed E-state index contributed by atoms with van der Waals surface area (Å²) < 4.78 is 6.56. The van der Waals surface area contributed by atoms with Crippen molar-refractivity contribution in [1.29, 1.82) is 0 Å². The van der Waals surface area contributed by atoms with Gasteiger partial charge in [-0.1, -0.05) is 34.7 Å². The molecule has 102 valence electrons. The summed E-state index contributed by atoms with van der Waals surface area (Å²) >= 11 is 9.01. The van der Waals surface area contributed by atoms with Gasteiger partial charge in [-0.3, -0.25) is 0 Å². The van der Waals surface area contributed by atoms with Crippen molar-refractivity contribution in [2.45, 2.75) is 17.7 Å². The van der Waals surface area contributed by atoms with Gasteiger partial charge in [-0.05, 0) is 37.1 Å². The number of hydrogen-bond acceptors (Lipinski definition) is 6. The van der Waals surface area contributed by atoms with Crippen molar-refractivity contribution in [2.75, 3.05) is 18.1 Å². The van der Waals surface area contributed by atoms with Gasteiger partial charge in [0, 0.05) is 10.8 Å². The molecule has 0 saturated heterocycles. The summed E-state index contributed by atoms with van der Waals surface area (Å²) in [5.74, 6) is 1.79. The van der Waals surface area contributed by atoms with Gasteiger partial charge >= 0.3 is 0 Å². The first-order valence-electron chi connectivity index (χ1n) is 5.76. The molecule has 0 aliphatic heterocycles. The van der Waals surface area contributed by atoms with E-state index in [0.29, 0.717) is 11.7 Å². The maximum atomic E-state index is 5.95. The van der Waals surface area contributed by atoms with Crippen LogP contribution in [0.2, 0.25) is 5.02 Å². The Kier molecular flexibility index (Phi) is 5.30. The lowest BCUT2D eigenvalue weighted by Crippen LogP contribution is -1.98. The smallest absolute Gasteiger partial charge is 0.203 e. The number of aryl methyl sites for hydroxylation is 1. The molecule has 0 saturated carbocycles. The molecular weight excluding hydrogens is 302 g/mol. The average Bonchev–Trinajstić information content (AvgIpc) is 2.79. The first-order chi connectivity index (χ1) is 9.15. The number of thioether (sulfide) groups is 1. The molecule has 0 atom stereocenters. The van der Waals surface area contributed by atoms with Crippen LogP contribution in [-0.2, 0) is 0 Å². The molecule has 0 aliphatic rings. The van der Waals surface area contributed by atoms with Gasteiger partial charge in [-0.25, -0.2) is 0 Å². The molecule has 4 nitrogen and oxygen atoms in total. The lowest BCUT2D eigenvalue weighted by Gasteiger charge is -2.07. The zero-order chi connectivity index (χ0) is 13.7. The van der Waals surface area contributed by atoms with Gasteiger partial charge in [-0.15, -0.1) is 10.2 Å². The Morgan fingerprint density at radius 3 is 2.95 bits per heavy atom. The second-order valence-electron chi connectivity index (χ2n) is 3.87. The van der Waals surface area contributed by atoms with Crippen molar-refractivity contribution < 1.29 is 4.74 Å². The largest absolute Gasteiger partial charge is 0.494 e. The number of nitrogen functional groups attached to an aromatic ring is 1. The van der Waals surface area contributed by atoms with Gasteiger partial charge in [0.1, 0.15) is 5.75 Å². The van der Waals surface area contributed by atoms with E-state index in [0.717, 1.165) is 32.8 Å². The zero-order valence-corrected chi connectivity index (χ0v) is 12.8. The summed E-state index contributed by atoms with van der Waals surface area (Å²) in [6.07, 6.45) is 0.936. The lowest BCUT2D eigenvalue weighted by molar-refractivity contribution is 0.318. The van der Waals surface area contributed by atoms with Crippen molar-refractivity contribution in [3.8, 4) is 5.75 Å². The number of ether oxygens (including phenoxy) is 1. The summed E-state index contributed by atoms with van der Waals surface area (Å²) in [5, 5.41) is 8.98. The monoisotopic (exact) mass is 315 g/mol. The highest BCUT2D eigenvalue weighted by Crippen LogP contribution is 2.24. The number of benzene rings is 1. The minimum atomic E-state index is 0.510. The molecule has 2 rings (SSSR count). The maximum absolute atomic E-state index is 5.95. The Morgan fingerprint density at radius 1 is 1.42 bits per heavy atom. The molecule has 0 bridgehead atoms. The molecule has 0 aliphatic carbocycles. The van der Waals surface area contributed by atoms with E-state index in [-0.39, 0.29) is 0 Å². The number of aromatic nitrogens is 2. The van der Waals surface area contributed by atoms with Crippen LogP contribution in [0.4, 0.5) is 5.13 Å². The Labute approximate surface area is 125 Å². The molecular formula is C12H14ClN3OS2. The fourth-order valence-electron chi connectivity index (χ4n) is 1.39. The summed E-state index contributed by atoms with van der Waals surface area (Å²) in [6.45, 7) is 2.63. The Bertz CT molecular complexity index is 548. The Balaban J connectivity index is 1.67. The quantitative estimate of drug-likeness (QED) is 0.651. The summed E-state index contributed by atoms with van der Waals surface area (Å²) in [6, 6.07) is 5.68. The lowest BCUT2D eigenvalue weighted by atomic mass is 10.2. The SMILES string of the molecule is Cc1cc(OCCCSc2nnc(N)s2)ccc1Cl. The molecule has 0 unspecified atom stereocenters. The van der Waals surface area contributed by atoms with Crippen LogP contribution in [0, 0.1) is 6.92 Å². The van der Waals surface area contributed by atoms with Crippen molar-refractivity contribution in [3.63, 3.8) is 0 Å². The van der Waals surface area contributed by atoms with Crippen LogP contribution in [-0.4, -0.2) is 22.6 Å². The van der Waals surface area contributed by atoms with E-state index in [4.69, 9.17) is 22.1 Å². The fourth-order valence-corrected chi connectivity index (χ4v) is 3.13. The van der Waals surface area contributed by atoms with E-state index in [1.54, 1.807) is 11.8 Å². The first kappa shape index (κ1) is 14.4. The van der Waals surface area contributed by atoms with E-state index in [1.807, 2.05) is 25.1 Å². The summed E-state index contributed by atoms with van der Waals surface area (Å²) in [5.41, 5.74) is 6.53. The Morgan fingerprint density at radius 2 is 2.26 bits per heavy atom. The van der Waals surface area contributed by atoms with Gasteiger partial charge in [0.05, 0.1) is 6.61 Å². The molecule has 2 N–H and O–H groups in total. The highest BCUT2D eigenvalue weighted by Gasteiger charge is 2.02. The Hall–Kier alpha value is -0.980. The van der Waals surface area contributed by atoms with E-state index in [2.05, 4.69) is 10.2 Å². The number of anilines is 1. The van der Waals surface area contributed by atoms with Gasteiger partial charge in [0.15, 0.2) is 4.34 Å². The van der Waals surface area contributed by atoms with Crippen LogP contribution in [0.25, 0.3) is 0 Å². The number of rotatable bonds is 6. The minimum Gasteiger partial charge on any atom is -0.494 e. The molecule has 19 heavy (non-hydrogen) atoms. The second kappa shape index (κ2) is 6.98. The highest BCUT2D eigenvalue weighted by atomic mass is 35.5. The molecule has 7 heteroatoms. The predicted molar refractivity (Wildman–Crippen MR) is 81.3 cm³/mol. The molecule has 1 aromatic heterocycles. The van der Waals surface area contributed by atoms with E-state index >= 15 is 0 Å². The summed E-state index contributed by atoms with van der Waals surface area (Å²) in [7, 11) is 0. The van der Waals surface area contributed by atoms with E-state index in [9.17, 15) is 0 Å². The molecule has 2 aromatic rings.